The van der Waals surface area contributed by atoms with Gasteiger partial charge >= 0.3 is 0 Å². The molecule has 4 nitrogen and oxygen atoms in total. The van der Waals surface area contributed by atoms with Crippen molar-refractivity contribution in [3.63, 3.8) is 0 Å². The second-order valence-electron chi connectivity index (χ2n) is 4.53. The molecule has 0 saturated heterocycles. The van der Waals surface area contributed by atoms with Crippen molar-refractivity contribution in [1.29, 1.82) is 0 Å². The van der Waals surface area contributed by atoms with Gasteiger partial charge < -0.3 is 5.73 Å². The summed E-state index contributed by atoms with van der Waals surface area (Å²) in [6, 6.07) is 13.7. The van der Waals surface area contributed by atoms with E-state index in [1.165, 1.54) is 12.1 Å². The van der Waals surface area contributed by atoms with E-state index in [1.807, 2.05) is 24.3 Å². The fraction of sp³-hybridized carbons (Fsp3) is 0.0667. The Morgan fingerprint density at radius 1 is 1.00 bits per heavy atom. The lowest BCUT2D eigenvalue weighted by molar-refractivity contribution is 0.627. The molecule has 0 atom stereocenters. The summed E-state index contributed by atoms with van der Waals surface area (Å²) in [5.41, 5.74) is 8.23. The number of hydrogen-bond donors (Lipinski definition) is 2. The Balaban J connectivity index is 1.80. The first-order chi connectivity index (χ1) is 9.70. The van der Waals surface area contributed by atoms with E-state index in [0.29, 0.717) is 17.9 Å². The molecule has 0 unspecified atom stereocenters. The molecule has 1 aromatic heterocycles. The first-order valence-corrected chi connectivity index (χ1v) is 6.22. The van der Waals surface area contributed by atoms with Crippen LogP contribution in [0.3, 0.4) is 0 Å². The number of halogens is 1. The minimum Gasteiger partial charge on any atom is -0.399 e. The van der Waals surface area contributed by atoms with Crippen LogP contribution in [0.1, 0.15) is 11.4 Å². The number of nitrogen functional groups attached to an aromatic ring is 1. The van der Waals surface area contributed by atoms with Gasteiger partial charge in [-0.3, -0.25) is 5.10 Å². The van der Waals surface area contributed by atoms with Crippen LogP contribution in [0.4, 0.5) is 10.1 Å². The summed E-state index contributed by atoms with van der Waals surface area (Å²) < 4.78 is 12.8. The van der Waals surface area contributed by atoms with Crippen molar-refractivity contribution >= 4 is 5.69 Å². The number of hydrogen-bond acceptors (Lipinski definition) is 3. The molecule has 3 aromatic rings. The van der Waals surface area contributed by atoms with Crippen LogP contribution in [0.5, 0.6) is 0 Å². The van der Waals surface area contributed by atoms with Crippen LogP contribution in [-0.4, -0.2) is 15.2 Å². The first kappa shape index (κ1) is 12.3. The molecule has 0 fully saturated rings. The highest BCUT2D eigenvalue weighted by atomic mass is 19.1. The van der Waals surface area contributed by atoms with Gasteiger partial charge in [-0.05, 0) is 42.0 Å². The van der Waals surface area contributed by atoms with E-state index in [1.54, 1.807) is 12.1 Å². The standard InChI is InChI=1S/C15H13FN4/c16-12-5-1-10(2-6-12)9-14-18-15(20-19-14)11-3-7-13(17)8-4-11/h1-8H,9,17H2,(H,18,19,20). The summed E-state index contributed by atoms with van der Waals surface area (Å²) in [4.78, 5) is 4.43. The first-order valence-electron chi connectivity index (χ1n) is 6.22. The topological polar surface area (TPSA) is 67.6 Å². The van der Waals surface area contributed by atoms with Gasteiger partial charge in [0.2, 0.25) is 0 Å². The zero-order valence-electron chi connectivity index (χ0n) is 10.7. The van der Waals surface area contributed by atoms with E-state index in [2.05, 4.69) is 15.2 Å². The molecule has 5 heteroatoms. The van der Waals surface area contributed by atoms with Gasteiger partial charge in [0.1, 0.15) is 11.6 Å². The summed E-state index contributed by atoms with van der Waals surface area (Å²) in [6.07, 6.45) is 0.586. The summed E-state index contributed by atoms with van der Waals surface area (Å²) in [5.74, 6) is 1.12. The zero-order chi connectivity index (χ0) is 13.9. The van der Waals surface area contributed by atoms with Crippen LogP contribution < -0.4 is 5.73 Å². The maximum Gasteiger partial charge on any atom is 0.181 e. The van der Waals surface area contributed by atoms with Gasteiger partial charge in [-0.2, -0.15) is 5.10 Å². The molecule has 100 valence electrons. The highest BCUT2D eigenvalue weighted by Gasteiger charge is 2.06. The van der Waals surface area contributed by atoms with Crippen LogP contribution in [0.15, 0.2) is 48.5 Å². The van der Waals surface area contributed by atoms with Crippen molar-refractivity contribution in [2.75, 3.05) is 5.73 Å². The molecule has 0 spiro atoms. The van der Waals surface area contributed by atoms with Crippen molar-refractivity contribution in [2.45, 2.75) is 6.42 Å². The lowest BCUT2D eigenvalue weighted by atomic mass is 10.1. The number of H-pyrrole nitrogens is 1. The molecule has 1 heterocycles. The Labute approximate surface area is 115 Å². The SMILES string of the molecule is Nc1ccc(-c2n[nH]c(Cc3ccc(F)cc3)n2)cc1. The van der Waals surface area contributed by atoms with Crippen LogP contribution in [0, 0.1) is 5.82 Å². The zero-order valence-corrected chi connectivity index (χ0v) is 10.7. The third kappa shape index (κ3) is 2.66. The molecular formula is C15H13FN4. The predicted molar refractivity (Wildman–Crippen MR) is 75.4 cm³/mol. The van der Waals surface area contributed by atoms with E-state index in [4.69, 9.17) is 5.73 Å². The van der Waals surface area contributed by atoms with Crippen molar-refractivity contribution in [2.24, 2.45) is 0 Å². The maximum absolute atomic E-state index is 12.8. The normalized spacial score (nSPS) is 10.7. The van der Waals surface area contributed by atoms with Crippen molar-refractivity contribution in [3.05, 3.63) is 65.7 Å². The molecule has 0 amide bonds. The van der Waals surface area contributed by atoms with E-state index in [0.717, 1.165) is 17.0 Å². The van der Waals surface area contributed by atoms with Crippen LogP contribution in [-0.2, 0) is 6.42 Å². The molecule has 3 N–H and O–H groups in total. The Hall–Kier alpha value is -2.69. The number of aromatic amines is 1. The van der Waals surface area contributed by atoms with Gasteiger partial charge in [-0.25, -0.2) is 9.37 Å². The Bertz CT molecular complexity index is 701. The average Bonchev–Trinajstić information content (AvgIpc) is 2.91. The number of rotatable bonds is 3. The largest absolute Gasteiger partial charge is 0.399 e. The molecule has 20 heavy (non-hydrogen) atoms. The van der Waals surface area contributed by atoms with E-state index >= 15 is 0 Å². The lowest BCUT2D eigenvalue weighted by Crippen LogP contribution is -1.91. The number of anilines is 1. The monoisotopic (exact) mass is 268 g/mol. The van der Waals surface area contributed by atoms with Crippen molar-refractivity contribution in [1.82, 2.24) is 15.2 Å². The molecule has 3 rings (SSSR count). The molecule has 0 aliphatic rings. The summed E-state index contributed by atoms with van der Waals surface area (Å²) >= 11 is 0. The molecule has 0 radical (unpaired) electrons. The van der Waals surface area contributed by atoms with E-state index < -0.39 is 0 Å². The van der Waals surface area contributed by atoms with Crippen LogP contribution in [0.2, 0.25) is 0 Å². The maximum atomic E-state index is 12.8. The quantitative estimate of drug-likeness (QED) is 0.718. The Kier molecular flexibility index (Phi) is 3.16. The smallest absolute Gasteiger partial charge is 0.181 e. The van der Waals surface area contributed by atoms with Crippen molar-refractivity contribution in [3.8, 4) is 11.4 Å². The highest BCUT2D eigenvalue weighted by molar-refractivity contribution is 5.58. The fourth-order valence-corrected chi connectivity index (χ4v) is 1.93. The summed E-state index contributed by atoms with van der Waals surface area (Å²) in [5, 5.41) is 7.07. The summed E-state index contributed by atoms with van der Waals surface area (Å²) in [7, 11) is 0. The van der Waals surface area contributed by atoms with E-state index in [-0.39, 0.29) is 5.82 Å². The van der Waals surface area contributed by atoms with Gasteiger partial charge in [0.15, 0.2) is 5.82 Å². The van der Waals surface area contributed by atoms with Gasteiger partial charge in [0, 0.05) is 17.7 Å². The number of benzene rings is 2. The number of nitrogens with zero attached hydrogens (tertiary/aromatic N) is 2. The van der Waals surface area contributed by atoms with Crippen LogP contribution in [0.25, 0.3) is 11.4 Å². The fourth-order valence-electron chi connectivity index (χ4n) is 1.93. The molecule has 2 aromatic carbocycles. The minimum atomic E-state index is -0.242. The third-order valence-electron chi connectivity index (χ3n) is 2.99. The third-order valence-corrected chi connectivity index (χ3v) is 2.99. The van der Waals surface area contributed by atoms with Gasteiger partial charge in [0.05, 0.1) is 0 Å². The number of nitrogens with one attached hydrogen (secondary N) is 1. The van der Waals surface area contributed by atoms with Gasteiger partial charge in [-0.1, -0.05) is 12.1 Å². The molecule has 0 saturated carbocycles. The van der Waals surface area contributed by atoms with E-state index in [9.17, 15) is 4.39 Å². The Morgan fingerprint density at radius 2 is 1.70 bits per heavy atom. The second-order valence-corrected chi connectivity index (χ2v) is 4.53. The summed E-state index contributed by atoms with van der Waals surface area (Å²) in [6.45, 7) is 0. The average molecular weight is 268 g/mol. The van der Waals surface area contributed by atoms with Crippen LogP contribution >= 0.6 is 0 Å². The molecule has 0 aliphatic carbocycles. The second kappa shape index (κ2) is 5.13. The van der Waals surface area contributed by atoms with Crippen molar-refractivity contribution < 1.29 is 4.39 Å². The predicted octanol–water partition coefficient (Wildman–Crippen LogP) is 2.78. The molecule has 0 bridgehead atoms. The number of nitrogens with two attached hydrogens (primary N) is 1. The molecule has 0 aliphatic heterocycles. The highest BCUT2D eigenvalue weighted by Crippen LogP contribution is 2.17. The lowest BCUT2D eigenvalue weighted by Gasteiger charge is -1.97. The van der Waals surface area contributed by atoms with Gasteiger partial charge in [0.25, 0.3) is 0 Å². The number of aromatic nitrogens is 3. The van der Waals surface area contributed by atoms with Gasteiger partial charge in [-0.15, -0.1) is 0 Å². The minimum absolute atomic E-state index is 0.242. The molecular weight excluding hydrogens is 255 g/mol. The Morgan fingerprint density at radius 3 is 2.40 bits per heavy atom.